The van der Waals surface area contributed by atoms with Crippen LogP contribution in [-0.4, -0.2) is 39.4 Å². The van der Waals surface area contributed by atoms with Gasteiger partial charge in [-0.2, -0.15) is 5.26 Å². The lowest BCUT2D eigenvalue weighted by molar-refractivity contribution is -0.163. The molecule has 1 aliphatic heterocycles. The van der Waals surface area contributed by atoms with Crippen molar-refractivity contribution in [2.45, 2.75) is 70.9 Å². The van der Waals surface area contributed by atoms with Crippen molar-refractivity contribution in [1.82, 2.24) is 9.88 Å². The van der Waals surface area contributed by atoms with E-state index in [0.29, 0.717) is 41.9 Å². The highest BCUT2D eigenvalue weighted by Gasteiger charge is 2.61. The molecule has 2 N–H and O–H groups in total. The Kier molecular flexibility index (Phi) is 6.29. The molecule has 1 aromatic carbocycles. The number of halogens is 2. The average molecular weight is 497 g/mol. The predicted molar refractivity (Wildman–Crippen MR) is 126 cm³/mol. The molecule has 2 aromatic rings. The van der Waals surface area contributed by atoms with Crippen LogP contribution < -0.4 is 10.6 Å². The number of rotatable bonds is 7. The van der Waals surface area contributed by atoms with Gasteiger partial charge in [0, 0.05) is 37.2 Å². The summed E-state index contributed by atoms with van der Waals surface area (Å²) >= 11 is 0. The van der Waals surface area contributed by atoms with E-state index in [1.165, 1.54) is 6.92 Å². The number of hydrogen-bond donors (Lipinski definition) is 2. The molecule has 8 nitrogen and oxygen atoms in total. The van der Waals surface area contributed by atoms with E-state index in [1.807, 2.05) is 0 Å². The van der Waals surface area contributed by atoms with Crippen LogP contribution in [0.4, 0.5) is 14.5 Å². The van der Waals surface area contributed by atoms with Gasteiger partial charge in [-0.3, -0.25) is 19.2 Å². The number of nitrogens with one attached hydrogen (secondary N) is 2. The molecular weight excluding hydrogens is 470 g/mol. The summed E-state index contributed by atoms with van der Waals surface area (Å²) in [5.41, 5.74) is 0.915. The number of alkyl halides is 2. The summed E-state index contributed by atoms with van der Waals surface area (Å²) in [6.07, 6.45) is -0.614. The van der Waals surface area contributed by atoms with E-state index in [4.69, 9.17) is 0 Å². The fourth-order valence-electron chi connectivity index (χ4n) is 5.24. The van der Waals surface area contributed by atoms with Crippen molar-refractivity contribution < 1.29 is 28.0 Å². The topological polar surface area (TPSA) is 121 Å². The van der Waals surface area contributed by atoms with E-state index in [9.17, 15) is 33.2 Å². The number of carbonyl (C=O) groups is 4. The van der Waals surface area contributed by atoms with Gasteiger partial charge in [-0.05, 0) is 49.9 Å². The Labute approximate surface area is 206 Å². The molecule has 0 saturated heterocycles. The minimum atomic E-state index is -3.08. The van der Waals surface area contributed by atoms with Gasteiger partial charge in [-0.25, -0.2) is 8.78 Å². The molecule has 2 amide bonds. The number of hydrogen-bond acceptors (Lipinski definition) is 5. The van der Waals surface area contributed by atoms with Crippen molar-refractivity contribution in [3.05, 3.63) is 51.8 Å². The van der Waals surface area contributed by atoms with Gasteiger partial charge in [0.25, 0.3) is 23.5 Å². The Hall–Kier alpha value is -3.87. The highest BCUT2D eigenvalue weighted by molar-refractivity contribution is 6.44. The summed E-state index contributed by atoms with van der Waals surface area (Å²) in [5, 5.41) is 14.3. The number of benzene rings is 1. The van der Waals surface area contributed by atoms with E-state index >= 15 is 0 Å². The van der Waals surface area contributed by atoms with Gasteiger partial charge in [0.15, 0.2) is 5.78 Å². The van der Waals surface area contributed by atoms with Crippen molar-refractivity contribution in [2.24, 2.45) is 0 Å². The first-order valence-electron chi connectivity index (χ1n) is 11.7. The standard InChI is InChI=1S/C26H26F2N4O4/c1-4-19(33)25(12-26(27,28)13-25)31-24(36)22(34)20-15(3)21(32-9-5-6-18(20)32)23(35)30-17-8-7-14(2)16(10-17)11-29/h7-8,10H,4-6,9,12-13H2,1-3H3,(H,30,35)(H,31,36). The number of nitrogens with zero attached hydrogens (tertiary/aromatic N) is 2. The Balaban J connectivity index is 1.62. The van der Waals surface area contributed by atoms with Crippen molar-refractivity contribution in [1.29, 1.82) is 5.26 Å². The van der Waals surface area contributed by atoms with Crippen molar-refractivity contribution in [3.8, 4) is 6.07 Å². The highest BCUT2D eigenvalue weighted by atomic mass is 19.3. The Morgan fingerprint density at radius 3 is 2.47 bits per heavy atom. The second kappa shape index (κ2) is 8.97. The van der Waals surface area contributed by atoms with Crippen LogP contribution in [0.2, 0.25) is 0 Å². The molecule has 2 aliphatic rings. The van der Waals surface area contributed by atoms with Gasteiger partial charge < -0.3 is 15.2 Å². The summed E-state index contributed by atoms with van der Waals surface area (Å²) in [4.78, 5) is 51.7. The number of ketones is 2. The first-order chi connectivity index (χ1) is 16.9. The van der Waals surface area contributed by atoms with Crippen LogP contribution in [0.5, 0.6) is 0 Å². The lowest BCUT2D eigenvalue weighted by atomic mass is 9.69. The summed E-state index contributed by atoms with van der Waals surface area (Å²) in [7, 11) is 0. The average Bonchev–Trinajstić information content (AvgIpc) is 3.37. The molecule has 1 aliphatic carbocycles. The van der Waals surface area contributed by atoms with E-state index < -0.39 is 47.7 Å². The van der Waals surface area contributed by atoms with Crippen LogP contribution >= 0.6 is 0 Å². The minimum Gasteiger partial charge on any atom is -0.340 e. The molecule has 10 heteroatoms. The maximum Gasteiger partial charge on any atom is 0.293 e. The predicted octanol–water partition coefficient (Wildman–Crippen LogP) is 3.62. The van der Waals surface area contributed by atoms with Gasteiger partial charge in [0.1, 0.15) is 11.2 Å². The number of nitriles is 1. The van der Waals surface area contributed by atoms with E-state index in [-0.39, 0.29) is 17.7 Å². The molecule has 0 unspecified atom stereocenters. The third-order valence-corrected chi connectivity index (χ3v) is 7.00. The summed E-state index contributed by atoms with van der Waals surface area (Å²) in [6.45, 7) is 5.31. The number of carbonyl (C=O) groups excluding carboxylic acids is 4. The zero-order valence-corrected chi connectivity index (χ0v) is 20.3. The van der Waals surface area contributed by atoms with E-state index in [2.05, 4.69) is 16.7 Å². The number of aromatic nitrogens is 1. The van der Waals surface area contributed by atoms with Crippen LogP contribution in [0, 0.1) is 25.2 Å². The zero-order valence-electron chi connectivity index (χ0n) is 20.3. The summed E-state index contributed by atoms with van der Waals surface area (Å²) in [6, 6.07) is 6.98. The van der Waals surface area contributed by atoms with Crippen molar-refractivity contribution in [2.75, 3.05) is 5.32 Å². The lowest BCUT2D eigenvalue weighted by Crippen LogP contribution is -2.67. The second-order valence-electron chi connectivity index (χ2n) is 9.50. The maximum absolute atomic E-state index is 13.6. The minimum absolute atomic E-state index is 0.0535. The Morgan fingerprint density at radius 1 is 1.17 bits per heavy atom. The number of amides is 2. The Morgan fingerprint density at radius 2 is 1.86 bits per heavy atom. The van der Waals surface area contributed by atoms with Gasteiger partial charge in [0.05, 0.1) is 17.2 Å². The first-order valence-corrected chi connectivity index (χ1v) is 11.7. The normalized spacial score (nSPS) is 16.9. The molecule has 1 aromatic heterocycles. The zero-order chi connectivity index (χ0) is 26.4. The SMILES string of the molecule is CCC(=O)C1(NC(=O)C(=O)c2c(C)c(C(=O)Nc3ccc(C)c(C#N)c3)n3c2CCC3)CC(F)(F)C1. The van der Waals surface area contributed by atoms with Crippen LogP contribution in [0.1, 0.15) is 75.8 Å². The number of Topliss-reactive ketones (excluding diaryl/α,β-unsaturated/α-hetero) is 2. The fraction of sp³-hybridized carbons (Fsp3) is 0.423. The molecule has 188 valence electrons. The largest absolute Gasteiger partial charge is 0.340 e. The molecule has 36 heavy (non-hydrogen) atoms. The maximum atomic E-state index is 13.6. The summed E-state index contributed by atoms with van der Waals surface area (Å²) < 4.78 is 29.0. The third kappa shape index (κ3) is 4.19. The molecule has 2 heterocycles. The Bertz CT molecular complexity index is 1340. The van der Waals surface area contributed by atoms with E-state index in [1.54, 1.807) is 36.6 Å². The number of anilines is 1. The van der Waals surface area contributed by atoms with Gasteiger partial charge in [-0.1, -0.05) is 13.0 Å². The van der Waals surface area contributed by atoms with Crippen LogP contribution in [0.15, 0.2) is 18.2 Å². The van der Waals surface area contributed by atoms with Crippen molar-refractivity contribution >= 4 is 29.1 Å². The van der Waals surface area contributed by atoms with Crippen LogP contribution in [-0.2, 0) is 22.6 Å². The molecule has 0 atom stereocenters. The van der Waals surface area contributed by atoms with Crippen molar-refractivity contribution in [3.63, 3.8) is 0 Å². The molecular formula is C26H26F2N4O4. The number of aryl methyl sites for hydroxylation is 1. The van der Waals surface area contributed by atoms with Gasteiger partial charge in [0.2, 0.25) is 0 Å². The highest BCUT2D eigenvalue weighted by Crippen LogP contribution is 2.46. The monoisotopic (exact) mass is 496 g/mol. The van der Waals surface area contributed by atoms with Gasteiger partial charge in [-0.15, -0.1) is 0 Å². The molecule has 1 saturated carbocycles. The fourth-order valence-corrected chi connectivity index (χ4v) is 5.24. The quantitative estimate of drug-likeness (QED) is 0.448. The van der Waals surface area contributed by atoms with Crippen LogP contribution in [0.25, 0.3) is 0 Å². The first kappa shape index (κ1) is 25.2. The summed E-state index contributed by atoms with van der Waals surface area (Å²) in [5.74, 6) is -6.23. The number of fused-ring (bicyclic) bond motifs is 1. The smallest absolute Gasteiger partial charge is 0.293 e. The molecule has 1 fully saturated rings. The second-order valence-corrected chi connectivity index (χ2v) is 9.50. The van der Waals surface area contributed by atoms with Crippen LogP contribution in [0.3, 0.4) is 0 Å². The van der Waals surface area contributed by atoms with Gasteiger partial charge >= 0.3 is 0 Å². The molecule has 4 rings (SSSR count). The third-order valence-electron chi connectivity index (χ3n) is 7.00. The molecule has 0 radical (unpaired) electrons. The molecule has 0 bridgehead atoms. The lowest BCUT2D eigenvalue weighted by Gasteiger charge is -2.46. The van der Waals surface area contributed by atoms with E-state index in [0.717, 1.165) is 5.56 Å². The molecule has 0 spiro atoms.